The van der Waals surface area contributed by atoms with Gasteiger partial charge in [0.1, 0.15) is 17.9 Å². The highest BCUT2D eigenvalue weighted by molar-refractivity contribution is 6.36. The topological polar surface area (TPSA) is 109 Å². The van der Waals surface area contributed by atoms with Gasteiger partial charge in [-0.05, 0) is 24.4 Å². The molecule has 1 atom stereocenters. The number of aromatic amines is 1. The Morgan fingerprint density at radius 3 is 2.88 bits per heavy atom. The molecular weight excluding hydrogens is 442 g/mol. The Kier molecular flexibility index (Phi) is 5.72. The van der Waals surface area contributed by atoms with Crippen LogP contribution in [0.2, 0.25) is 5.02 Å². The van der Waals surface area contributed by atoms with Gasteiger partial charge >= 0.3 is 0 Å². The van der Waals surface area contributed by atoms with E-state index in [4.69, 9.17) is 21.3 Å². The van der Waals surface area contributed by atoms with Crippen LogP contribution in [0.4, 0.5) is 5.82 Å². The minimum absolute atomic E-state index is 0.0300. The number of piperidine rings is 1. The lowest BCUT2D eigenvalue weighted by molar-refractivity contribution is -0.130. The molecule has 2 N–H and O–H groups in total. The van der Waals surface area contributed by atoms with Gasteiger partial charge in [0.15, 0.2) is 11.5 Å². The number of H-pyrrole nitrogens is 1. The Labute approximate surface area is 195 Å². The van der Waals surface area contributed by atoms with E-state index >= 15 is 0 Å². The van der Waals surface area contributed by atoms with Crippen molar-refractivity contribution in [2.75, 3.05) is 18.4 Å². The van der Waals surface area contributed by atoms with E-state index in [1.54, 1.807) is 13.3 Å². The maximum Gasteiger partial charge on any atom is 0.223 e. The van der Waals surface area contributed by atoms with Crippen molar-refractivity contribution in [2.45, 2.75) is 38.8 Å². The Morgan fingerprint density at radius 2 is 2.09 bits per heavy atom. The number of nitrogens with zero attached hydrogens (tertiary/aromatic N) is 5. The van der Waals surface area contributed by atoms with E-state index in [2.05, 4.69) is 25.3 Å². The summed E-state index contributed by atoms with van der Waals surface area (Å²) in [5, 5.41) is 5.74. The van der Waals surface area contributed by atoms with E-state index in [0.717, 1.165) is 34.8 Å². The molecule has 0 radical (unpaired) electrons. The van der Waals surface area contributed by atoms with Gasteiger partial charge in [0.2, 0.25) is 11.8 Å². The van der Waals surface area contributed by atoms with E-state index in [-0.39, 0.29) is 18.1 Å². The number of nitrogens with one attached hydrogen (secondary N) is 2. The van der Waals surface area contributed by atoms with Crippen molar-refractivity contribution >= 4 is 45.3 Å². The zero-order valence-corrected chi connectivity index (χ0v) is 19.1. The second kappa shape index (κ2) is 8.82. The van der Waals surface area contributed by atoms with Crippen LogP contribution in [0.3, 0.4) is 0 Å². The molecule has 1 amide bonds. The predicted molar refractivity (Wildman–Crippen MR) is 126 cm³/mol. The van der Waals surface area contributed by atoms with E-state index < -0.39 is 0 Å². The van der Waals surface area contributed by atoms with Gasteiger partial charge in [-0.3, -0.25) is 4.79 Å². The van der Waals surface area contributed by atoms with Gasteiger partial charge in [0.05, 0.1) is 28.5 Å². The van der Waals surface area contributed by atoms with Crippen LogP contribution in [0.15, 0.2) is 36.9 Å². The number of hydrogen-bond donors (Lipinski definition) is 2. The molecule has 0 bridgehead atoms. The first-order chi connectivity index (χ1) is 16.0. The highest BCUT2D eigenvalue weighted by Crippen LogP contribution is 2.35. The number of pyridine rings is 1. The first-order valence-corrected chi connectivity index (χ1v) is 11.3. The molecular formula is C23H24ClN7O2. The van der Waals surface area contributed by atoms with Crippen LogP contribution < -0.4 is 10.1 Å². The molecule has 1 aliphatic heterocycles. The number of halogens is 1. The standard InChI is InChI=1S/C23H24ClN7O2/c1-13(29-22-20-21(26-11-25-20)27-12-28-22)18-10-15-4-3-5-17(24)19(15)23(30-18)33-16-6-8-31(9-7-16)14(2)32/h3-5,10-13,16H,6-9H2,1-2H3,(H2,25,26,27,28,29). The van der Waals surface area contributed by atoms with Gasteiger partial charge in [-0.15, -0.1) is 0 Å². The van der Waals surface area contributed by atoms with Crippen molar-refractivity contribution in [3.63, 3.8) is 0 Å². The fourth-order valence-corrected chi connectivity index (χ4v) is 4.42. The Morgan fingerprint density at radius 1 is 1.27 bits per heavy atom. The van der Waals surface area contributed by atoms with Crippen LogP contribution in [0.5, 0.6) is 5.88 Å². The predicted octanol–water partition coefficient (Wildman–Crippen LogP) is 4.12. The number of likely N-dealkylation sites (tertiary alicyclic amines) is 1. The van der Waals surface area contributed by atoms with Crippen LogP contribution in [0.1, 0.15) is 38.4 Å². The summed E-state index contributed by atoms with van der Waals surface area (Å²) in [6, 6.07) is 7.60. The number of amides is 1. The van der Waals surface area contributed by atoms with Gasteiger partial charge in [0.25, 0.3) is 0 Å². The molecule has 0 aliphatic carbocycles. The average molecular weight is 466 g/mol. The number of carbonyl (C=O) groups excluding carboxylic acids is 1. The first kappa shape index (κ1) is 21.4. The number of fused-ring (bicyclic) bond motifs is 2. The third kappa shape index (κ3) is 4.28. The zero-order valence-electron chi connectivity index (χ0n) is 18.4. The third-order valence-electron chi connectivity index (χ3n) is 5.98. The molecule has 4 aromatic rings. The summed E-state index contributed by atoms with van der Waals surface area (Å²) >= 11 is 6.54. The minimum atomic E-state index is -0.170. The van der Waals surface area contributed by atoms with Gasteiger partial charge < -0.3 is 19.9 Å². The smallest absolute Gasteiger partial charge is 0.223 e. The summed E-state index contributed by atoms with van der Waals surface area (Å²) in [5.41, 5.74) is 2.13. The summed E-state index contributed by atoms with van der Waals surface area (Å²) < 4.78 is 6.37. The fraction of sp³-hybridized carbons (Fsp3) is 0.348. The summed E-state index contributed by atoms with van der Waals surface area (Å²) in [6.07, 6.45) is 4.55. The largest absolute Gasteiger partial charge is 0.474 e. The molecule has 1 saturated heterocycles. The molecule has 10 heteroatoms. The molecule has 9 nitrogen and oxygen atoms in total. The van der Waals surface area contributed by atoms with Crippen molar-refractivity contribution in [2.24, 2.45) is 0 Å². The Hall–Kier alpha value is -3.46. The maximum absolute atomic E-state index is 11.7. The Bertz CT molecular complexity index is 1320. The molecule has 1 fully saturated rings. The highest BCUT2D eigenvalue weighted by Gasteiger charge is 2.24. The van der Waals surface area contributed by atoms with Crippen LogP contribution >= 0.6 is 11.6 Å². The summed E-state index contributed by atoms with van der Waals surface area (Å²) in [7, 11) is 0. The average Bonchev–Trinajstić information content (AvgIpc) is 3.29. The molecule has 1 aliphatic rings. The lowest BCUT2D eigenvalue weighted by Gasteiger charge is -2.31. The number of carbonyl (C=O) groups is 1. The van der Waals surface area contributed by atoms with Crippen LogP contribution in [0.25, 0.3) is 21.9 Å². The molecule has 5 rings (SSSR count). The van der Waals surface area contributed by atoms with Gasteiger partial charge in [-0.25, -0.2) is 19.9 Å². The number of hydrogen-bond acceptors (Lipinski definition) is 7. The maximum atomic E-state index is 11.7. The SMILES string of the molecule is CC(=O)N1CCC(Oc2nc(C(C)Nc3ncnc4nc[nH]c34)cc3cccc(Cl)c23)CC1. The minimum Gasteiger partial charge on any atom is -0.474 e. The molecule has 0 saturated carbocycles. The zero-order chi connectivity index (χ0) is 22.9. The van der Waals surface area contributed by atoms with Crippen molar-refractivity contribution in [1.82, 2.24) is 29.8 Å². The van der Waals surface area contributed by atoms with E-state index in [9.17, 15) is 4.79 Å². The summed E-state index contributed by atoms with van der Waals surface area (Å²) in [5.74, 6) is 1.26. The number of imidazole rings is 1. The van der Waals surface area contributed by atoms with Gasteiger partial charge in [-0.2, -0.15) is 0 Å². The molecule has 33 heavy (non-hydrogen) atoms. The van der Waals surface area contributed by atoms with E-state index in [1.807, 2.05) is 36.1 Å². The van der Waals surface area contributed by atoms with E-state index in [1.165, 1.54) is 6.33 Å². The number of benzene rings is 1. The van der Waals surface area contributed by atoms with Crippen molar-refractivity contribution in [3.8, 4) is 5.88 Å². The summed E-state index contributed by atoms with van der Waals surface area (Å²) in [4.78, 5) is 34.1. The quantitative estimate of drug-likeness (QED) is 0.456. The van der Waals surface area contributed by atoms with Gasteiger partial charge in [-0.1, -0.05) is 23.7 Å². The van der Waals surface area contributed by atoms with Crippen molar-refractivity contribution in [3.05, 3.63) is 47.6 Å². The van der Waals surface area contributed by atoms with Gasteiger partial charge in [0, 0.05) is 32.9 Å². The molecule has 1 aromatic carbocycles. The molecule has 1 unspecified atom stereocenters. The van der Waals surface area contributed by atoms with Crippen molar-refractivity contribution < 1.29 is 9.53 Å². The molecule has 3 aromatic heterocycles. The number of anilines is 1. The molecule has 4 heterocycles. The van der Waals surface area contributed by atoms with Crippen molar-refractivity contribution in [1.29, 1.82) is 0 Å². The number of rotatable bonds is 5. The highest BCUT2D eigenvalue weighted by atomic mass is 35.5. The van der Waals surface area contributed by atoms with E-state index in [0.29, 0.717) is 35.5 Å². The normalized spacial score (nSPS) is 15.7. The van der Waals surface area contributed by atoms with Crippen LogP contribution in [-0.2, 0) is 4.79 Å². The Balaban J connectivity index is 1.45. The lowest BCUT2D eigenvalue weighted by atomic mass is 10.1. The number of aromatic nitrogens is 5. The molecule has 170 valence electrons. The second-order valence-electron chi connectivity index (χ2n) is 8.20. The summed E-state index contributed by atoms with van der Waals surface area (Å²) in [6.45, 7) is 4.97. The monoisotopic (exact) mass is 465 g/mol. The number of ether oxygens (including phenoxy) is 1. The molecule has 0 spiro atoms. The third-order valence-corrected chi connectivity index (χ3v) is 6.29. The lowest BCUT2D eigenvalue weighted by Crippen LogP contribution is -2.40. The van der Waals surface area contributed by atoms with Crippen LogP contribution in [0, 0.1) is 0 Å². The fourth-order valence-electron chi connectivity index (χ4n) is 4.16. The second-order valence-corrected chi connectivity index (χ2v) is 8.61. The first-order valence-electron chi connectivity index (χ1n) is 10.9. The van der Waals surface area contributed by atoms with Crippen LogP contribution in [-0.4, -0.2) is 54.9 Å².